The largest absolute Gasteiger partial charge is 0.504 e. The summed E-state index contributed by atoms with van der Waals surface area (Å²) in [7, 11) is 0. The molecule has 0 radical (unpaired) electrons. The number of carboxylic acid groups (broad SMARTS) is 1. The summed E-state index contributed by atoms with van der Waals surface area (Å²) in [5.74, 6) is 0.461. The van der Waals surface area contributed by atoms with Crippen LogP contribution in [0.2, 0.25) is 0 Å². The number of nitrogens with one attached hydrogen (secondary N) is 1. The third kappa shape index (κ3) is 5.30. The van der Waals surface area contributed by atoms with Gasteiger partial charge in [0.1, 0.15) is 6.04 Å². The van der Waals surface area contributed by atoms with Crippen molar-refractivity contribution in [2.75, 3.05) is 18.6 Å². The fourth-order valence-electron chi connectivity index (χ4n) is 1.73. The summed E-state index contributed by atoms with van der Waals surface area (Å²) >= 11 is 1.62. The number of phenols is 1. The first-order valence-corrected chi connectivity index (χ1v) is 7.87. The number of thioether (sulfide) groups is 1. The molecule has 0 aliphatic heterocycles. The maximum atomic E-state index is 11.1. The van der Waals surface area contributed by atoms with Crippen molar-refractivity contribution >= 4 is 17.7 Å². The molecular formula is C14H21NO4S. The van der Waals surface area contributed by atoms with Gasteiger partial charge < -0.3 is 20.3 Å². The molecule has 20 heavy (non-hydrogen) atoms. The number of ether oxygens (including phenoxy) is 1. The van der Waals surface area contributed by atoms with Gasteiger partial charge in [0.05, 0.1) is 6.61 Å². The standard InChI is InChI=1S/C14H21NO4S/c1-3-19-13-8-10(4-5-12(13)16)9-15-11(14(17)18)6-7-20-2/h4-5,8,11,15-16H,3,6-7,9H2,1-2H3,(H,17,18). The molecule has 0 aliphatic rings. The molecule has 0 bridgehead atoms. The van der Waals surface area contributed by atoms with Gasteiger partial charge in [-0.2, -0.15) is 11.8 Å². The van der Waals surface area contributed by atoms with Crippen LogP contribution in [0.1, 0.15) is 18.9 Å². The minimum absolute atomic E-state index is 0.0905. The minimum atomic E-state index is -0.845. The van der Waals surface area contributed by atoms with Crippen LogP contribution in [0.3, 0.4) is 0 Å². The summed E-state index contributed by atoms with van der Waals surface area (Å²) in [5.41, 5.74) is 0.877. The Labute approximate surface area is 123 Å². The van der Waals surface area contributed by atoms with E-state index in [1.54, 1.807) is 30.0 Å². The number of hydrogen-bond donors (Lipinski definition) is 3. The monoisotopic (exact) mass is 299 g/mol. The van der Waals surface area contributed by atoms with Crippen molar-refractivity contribution in [3.8, 4) is 11.5 Å². The highest BCUT2D eigenvalue weighted by Gasteiger charge is 2.16. The number of phenolic OH excluding ortho intramolecular Hbond substituents is 1. The van der Waals surface area contributed by atoms with Gasteiger partial charge in [-0.05, 0) is 43.0 Å². The molecule has 112 valence electrons. The maximum absolute atomic E-state index is 11.1. The highest BCUT2D eigenvalue weighted by Crippen LogP contribution is 2.26. The van der Waals surface area contributed by atoms with Crippen molar-refractivity contribution in [1.82, 2.24) is 5.32 Å². The normalized spacial score (nSPS) is 12.1. The fourth-order valence-corrected chi connectivity index (χ4v) is 2.20. The zero-order valence-corrected chi connectivity index (χ0v) is 12.6. The Morgan fingerprint density at radius 2 is 2.25 bits per heavy atom. The zero-order chi connectivity index (χ0) is 15.0. The van der Waals surface area contributed by atoms with E-state index in [4.69, 9.17) is 9.84 Å². The molecule has 0 fully saturated rings. The van der Waals surface area contributed by atoms with Crippen LogP contribution < -0.4 is 10.1 Å². The lowest BCUT2D eigenvalue weighted by Gasteiger charge is -2.14. The van der Waals surface area contributed by atoms with Crippen LogP contribution in [-0.2, 0) is 11.3 Å². The van der Waals surface area contributed by atoms with Gasteiger partial charge in [-0.1, -0.05) is 6.07 Å². The Balaban J connectivity index is 2.63. The van der Waals surface area contributed by atoms with Crippen LogP contribution in [0.15, 0.2) is 18.2 Å². The van der Waals surface area contributed by atoms with Gasteiger partial charge in [0.15, 0.2) is 11.5 Å². The van der Waals surface area contributed by atoms with E-state index in [0.29, 0.717) is 25.3 Å². The SMILES string of the molecule is CCOc1cc(CNC(CCSC)C(=O)O)ccc1O. The van der Waals surface area contributed by atoms with Gasteiger partial charge in [-0.25, -0.2) is 0 Å². The zero-order valence-electron chi connectivity index (χ0n) is 11.8. The quantitative estimate of drug-likeness (QED) is 0.648. The van der Waals surface area contributed by atoms with Crippen LogP contribution in [0.25, 0.3) is 0 Å². The highest BCUT2D eigenvalue weighted by molar-refractivity contribution is 7.98. The number of rotatable bonds is 9. The van der Waals surface area contributed by atoms with E-state index >= 15 is 0 Å². The van der Waals surface area contributed by atoms with Crippen molar-refractivity contribution in [2.24, 2.45) is 0 Å². The summed E-state index contributed by atoms with van der Waals surface area (Å²) in [6, 6.07) is 4.46. The van der Waals surface area contributed by atoms with E-state index in [9.17, 15) is 9.90 Å². The molecule has 1 rings (SSSR count). The predicted molar refractivity (Wildman–Crippen MR) is 80.5 cm³/mol. The average Bonchev–Trinajstić information content (AvgIpc) is 2.42. The summed E-state index contributed by atoms with van der Waals surface area (Å²) in [6.45, 7) is 2.73. The Morgan fingerprint density at radius 3 is 2.85 bits per heavy atom. The second kappa shape index (κ2) is 8.71. The van der Waals surface area contributed by atoms with E-state index in [2.05, 4.69) is 5.32 Å². The van der Waals surface area contributed by atoms with Gasteiger partial charge in [0.2, 0.25) is 0 Å². The molecule has 1 unspecified atom stereocenters. The lowest BCUT2D eigenvalue weighted by molar-refractivity contribution is -0.139. The lowest BCUT2D eigenvalue weighted by atomic mass is 10.1. The number of carbonyl (C=O) groups is 1. The van der Waals surface area contributed by atoms with Gasteiger partial charge in [-0.3, -0.25) is 4.79 Å². The first-order chi connectivity index (χ1) is 9.58. The van der Waals surface area contributed by atoms with E-state index in [-0.39, 0.29) is 5.75 Å². The second-order valence-corrected chi connectivity index (χ2v) is 5.27. The molecule has 1 atom stereocenters. The van der Waals surface area contributed by atoms with Gasteiger partial charge >= 0.3 is 5.97 Å². The summed E-state index contributed by atoms with van der Waals surface area (Å²) in [5, 5.41) is 21.7. The Morgan fingerprint density at radius 1 is 1.50 bits per heavy atom. The summed E-state index contributed by atoms with van der Waals surface area (Å²) in [4.78, 5) is 11.1. The molecule has 5 nitrogen and oxygen atoms in total. The maximum Gasteiger partial charge on any atom is 0.320 e. The highest BCUT2D eigenvalue weighted by atomic mass is 32.2. The topological polar surface area (TPSA) is 78.8 Å². The predicted octanol–water partition coefficient (Wildman–Crippen LogP) is 2.09. The molecule has 3 N–H and O–H groups in total. The molecule has 1 aromatic rings. The van der Waals surface area contributed by atoms with Crippen LogP contribution in [0.4, 0.5) is 0 Å². The van der Waals surface area contributed by atoms with Gasteiger partial charge in [-0.15, -0.1) is 0 Å². The number of hydrogen-bond acceptors (Lipinski definition) is 5. The molecule has 0 heterocycles. The molecular weight excluding hydrogens is 278 g/mol. The van der Waals surface area contributed by atoms with E-state index < -0.39 is 12.0 Å². The van der Waals surface area contributed by atoms with Crippen LogP contribution >= 0.6 is 11.8 Å². The molecule has 0 saturated heterocycles. The van der Waals surface area contributed by atoms with Crippen molar-refractivity contribution < 1.29 is 19.7 Å². The van der Waals surface area contributed by atoms with Crippen molar-refractivity contribution in [2.45, 2.75) is 25.9 Å². The Bertz CT molecular complexity index is 439. The van der Waals surface area contributed by atoms with Gasteiger partial charge in [0, 0.05) is 6.54 Å². The van der Waals surface area contributed by atoms with Gasteiger partial charge in [0.25, 0.3) is 0 Å². The Hall–Kier alpha value is -1.40. The molecule has 1 aromatic carbocycles. The third-order valence-corrected chi connectivity index (χ3v) is 3.43. The third-order valence-electron chi connectivity index (χ3n) is 2.79. The number of aromatic hydroxyl groups is 1. The first-order valence-electron chi connectivity index (χ1n) is 6.48. The molecule has 0 aromatic heterocycles. The van der Waals surface area contributed by atoms with Crippen molar-refractivity contribution in [3.05, 3.63) is 23.8 Å². The second-order valence-electron chi connectivity index (χ2n) is 4.29. The van der Waals surface area contributed by atoms with Crippen molar-refractivity contribution in [1.29, 1.82) is 0 Å². The molecule has 0 amide bonds. The molecule has 6 heteroatoms. The number of aliphatic carboxylic acids is 1. The molecule has 0 spiro atoms. The van der Waals surface area contributed by atoms with E-state index in [1.807, 2.05) is 13.2 Å². The average molecular weight is 299 g/mol. The van der Waals surface area contributed by atoms with Crippen molar-refractivity contribution in [3.63, 3.8) is 0 Å². The number of carboxylic acids is 1. The van der Waals surface area contributed by atoms with E-state index in [0.717, 1.165) is 11.3 Å². The Kier molecular flexibility index (Phi) is 7.25. The molecule has 0 aliphatic carbocycles. The fraction of sp³-hybridized carbons (Fsp3) is 0.500. The molecule has 0 saturated carbocycles. The lowest BCUT2D eigenvalue weighted by Crippen LogP contribution is -2.36. The summed E-state index contributed by atoms with van der Waals surface area (Å²) < 4.78 is 5.30. The first kappa shape index (κ1) is 16.7. The smallest absolute Gasteiger partial charge is 0.320 e. The van der Waals surface area contributed by atoms with Crippen LogP contribution in [0, 0.1) is 0 Å². The summed E-state index contributed by atoms with van der Waals surface area (Å²) in [6.07, 6.45) is 2.53. The van der Waals surface area contributed by atoms with Crippen LogP contribution in [-0.4, -0.2) is 40.8 Å². The van der Waals surface area contributed by atoms with E-state index in [1.165, 1.54) is 0 Å². The number of benzene rings is 1. The van der Waals surface area contributed by atoms with Crippen LogP contribution in [0.5, 0.6) is 11.5 Å². The minimum Gasteiger partial charge on any atom is -0.504 e.